The summed E-state index contributed by atoms with van der Waals surface area (Å²) in [5, 5.41) is 10.8. The highest BCUT2D eigenvalue weighted by Crippen LogP contribution is 2.44. The minimum atomic E-state index is -0.665. The maximum atomic E-state index is 11.8. The molecule has 4 rings (SSSR count). The van der Waals surface area contributed by atoms with E-state index in [1.807, 2.05) is 12.1 Å². The topological polar surface area (TPSA) is 62.7 Å². The first kappa shape index (κ1) is 15.5. The molecule has 1 unspecified atom stereocenters. The molecule has 1 N–H and O–H groups in total. The van der Waals surface area contributed by atoms with Gasteiger partial charge in [-0.05, 0) is 36.6 Å². The summed E-state index contributed by atoms with van der Waals surface area (Å²) in [7, 11) is 0. The summed E-state index contributed by atoms with van der Waals surface area (Å²) < 4.78 is 5.47. The minimum Gasteiger partial charge on any atom is -0.481 e. The number of hydrogen-bond acceptors (Lipinski definition) is 4. The molecule has 126 valence electrons. The van der Waals surface area contributed by atoms with Gasteiger partial charge in [-0.2, -0.15) is 0 Å². The van der Waals surface area contributed by atoms with Crippen LogP contribution in [0.3, 0.4) is 0 Å². The summed E-state index contributed by atoms with van der Waals surface area (Å²) in [6.07, 6.45) is 3.50. The quantitative estimate of drug-likeness (QED) is 0.939. The standard InChI is InChI=1S/C19H22N2O3/c22-18(23)16-12-21(13-19(16)5-8-24-9-6-19)11-14-3-4-17-15(10-14)2-1-7-20-17/h1-4,7,10,16H,5-6,8-9,11-13H2,(H,22,23). The molecule has 0 aliphatic carbocycles. The van der Waals surface area contributed by atoms with Crippen LogP contribution >= 0.6 is 0 Å². The van der Waals surface area contributed by atoms with Crippen LogP contribution in [0.4, 0.5) is 0 Å². The zero-order chi connectivity index (χ0) is 16.6. The van der Waals surface area contributed by atoms with Crippen LogP contribution in [0.1, 0.15) is 18.4 Å². The van der Waals surface area contributed by atoms with Crippen molar-refractivity contribution < 1.29 is 14.6 Å². The van der Waals surface area contributed by atoms with Crippen molar-refractivity contribution in [1.29, 1.82) is 0 Å². The Balaban J connectivity index is 1.54. The number of aliphatic carboxylic acids is 1. The molecule has 3 heterocycles. The van der Waals surface area contributed by atoms with Gasteiger partial charge in [-0.25, -0.2) is 0 Å². The molecular formula is C19H22N2O3. The summed E-state index contributed by atoms with van der Waals surface area (Å²) in [6.45, 7) is 3.62. The number of likely N-dealkylation sites (tertiary alicyclic amines) is 1. The molecule has 0 amide bonds. The molecule has 5 nitrogen and oxygen atoms in total. The van der Waals surface area contributed by atoms with Gasteiger partial charge in [0.1, 0.15) is 0 Å². The van der Waals surface area contributed by atoms with Crippen molar-refractivity contribution in [3.63, 3.8) is 0 Å². The van der Waals surface area contributed by atoms with E-state index in [0.29, 0.717) is 19.8 Å². The van der Waals surface area contributed by atoms with E-state index in [9.17, 15) is 9.90 Å². The molecule has 1 atom stereocenters. The van der Waals surface area contributed by atoms with E-state index in [0.717, 1.165) is 36.8 Å². The van der Waals surface area contributed by atoms with Gasteiger partial charge >= 0.3 is 5.97 Å². The van der Waals surface area contributed by atoms with Gasteiger partial charge in [0.05, 0.1) is 11.4 Å². The smallest absolute Gasteiger partial charge is 0.308 e. The number of pyridine rings is 1. The van der Waals surface area contributed by atoms with E-state index in [1.165, 1.54) is 5.56 Å². The third kappa shape index (κ3) is 2.78. The molecule has 1 aromatic carbocycles. The normalized spacial score (nSPS) is 23.8. The van der Waals surface area contributed by atoms with E-state index in [4.69, 9.17) is 4.74 Å². The molecule has 5 heteroatoms. The number of fused-ring (bicyclic) bond motifs is 1. The number of nitrogens with zero attached hydrogens (tertiary/aromatic N) is 2. The average molecular weight is 326 g/mol. The van der Waals surface area contributed by atoms with Crippen LogP contribution in [-0.2, 0) is 16.1 Å². The Hall–Kier alpha value is -1.98. The predicted molar refractivity (Wildman–Crippen MR) is 90.6 cm³/mol. The van der Waals surface area contributed by atoms with Crippen LogP contribution < -0.4 is 0 Å². The summed E-state index contributed by atoms with van der Waals surface area (Å²) in [4.78, 5) is 18.4. The Morgan fingerprint density at radius 3 is 2.96 bits per heavy atom. The highest BCUT2D eigenvalue weighted by Gasteiger charge is 2.50. The second-order valence-electron chi connectivity index (χ2n) is 7.07. The molecule has 1 spiro atoms. The molecule has 0 bridgehead atoms. The Kier molecular flexibility index (Phi) is 3.98. The fraction of sp³-hybridized carbons (Fsp3) is 0.474. The second kappa shape index (κ2) is 6.15. The lowest BCUT2D eigenvalue weighted by atomic mass is 9.72. The van der Waals surface area contributed by atoms with Crippen LogP contribution in [0.15, 0.2) is 36.5 Å². The van der Waals surface area contributed by atoms with Gasteiger partial charge < -0.3 is 9.84 Å². The van der Waals surface area contributed by atoms with Crippen molar-refractivity contribution in [3.8, 4) is 0 Å². The fourth-order valence-corrected chi connectivity index (χ4v) is 4.30. The largest absolute Gasteiger partial charge is 0.481 e. The number of carboxylic acids is 1. The zero-order valence-corrected chi connectivity index (χ0v) is 13.6. The Morgan fingerprint density at radius 2 is 2.17 bits per heavy atom. The van der Waals surface area contributed by atoms with E-state index >= 15 is 0 Å². The second-order valence-corrected chi connectivity index (χ2v) is 7.07. The van der Waals surface area contributed by atoms with Gasteiger partial charge in [-0.1, -0.05) is 12.1 Å². The number of aromatic nitrogens is 1. The van der Waals surface area contributed by atoms with Crippen LogP contribution in [0.5, 0.6) is 0 Å². The zero-order valence-electron chi connectivity index (χ0n) is 13.6. The van der Waals surface area contributed by atoms with Gasteiger partial charge in [-0.3, -0.25) is 14.7 Å². The maximum absolute atomic E-state index is 11.8. The van der Waals surface area contributed by atoms with Crippen LogP contribution in [0.25, 0.3) is 10.9 Å². The molecule has 24 heavy (non-hydrogen) atoms. The molecule has 2 aliphatic heterocycles. The van der Waals surface area contributed by atoms with Crippen molar-refractivity contribution in [2.75, 3.05) is 26.3 Å². The highest BCUT2D eigenvalue weighted by atomic mass is 16.5. The maximum Gasteiger partial charge on any atom is 0.308 e. The number of benzene rings is 1. The van der Waals surface area contributed by atoms with Crippen molar-refractivity contribution in [1.82, 2.24) is 9.88 Å². The van der Waals surface area contributed by atoms with Crippen LogP contribution in [0, 0.1) is 11.3 Å². The van der Waals surface area contributed by atoms with Gasteiger partial charge in [0.25, 0.3) is 0 Å². The van der Waals surface area contributed by atoms with Gasteiger partial charge in [0.2, 0.25) is 0 Å². The van der Waals surface area contributed by atoms with Crippen LogP contribution in [-0.4, -0.2) is 47.3 Å². The van der Waals surface area contributed by atoms with E-state index in [2.05, 4.69) is 28.1 Å². The average Bonchev–Trinajstić information content (AvgIpc) is 2.93. The van der Waals surface area contributed by atoms with Gasteiger partial charge in [0, 0.05) is 49.8 Å². The monoisotopic (exact) mass is 326 g/mol. The summed E-state index contributed by atoms with van der Waals surface area (Å²) in [5.74, 6) is -0.953. The molecule has 2 fully saturated rings. The molecule has 2 saturated heterocycles. The number of hydrogen-bond donors (Lipinski definition) is 1. The number of carboxylic acid groups (broad SMARTS) is 1. The Labute approximate surface area is 141 Å². The van der Waals surface area contributed by atoms with Crippen molar-refractivity contribution >= 4 is 16.9 Å². The molecule has 2 aromatic rings. The molecule has 2 aliphatic rings. The lowest BCUT2D eigenvalue weighted by Gasteiger charge is -2.36. The minimum absolute atomic E-state index is 0.123. The first-order valence-corrected chi connectivity index (χ1v) is 8.53. The lowest BCUT2D eigenvalue weighted by Crippen LogP contribution is -2.40. The number of rotatable bonds is 3. The first-order valence-electron chi connectivity index (χ1n) is 8.53. The lowest BCUT2D eigenvalue weighted by molar-refractivity contribution is -0.146. The molecule has 0 saturated carbocycles. The van der Waals surface area contributed by atoms with Gasteiger partial charge in [-0.15, -0.1) is 0 Å². The predicted octanol–water partition coefficient (Wildman–Crippen LogP) is 2.55. The summed E-state index contributed by atoms with van der Waals surface area (Å²) in [6, 6.07) is 10.3. The molecule has 0 radical (unpaired) electrons. The van der Waals surface area contributed by atoms with Gasteiger partial charge in [0.15, 0.2) is 0 Å². The Bertz CT molecular complexity index is 755. The number of carbonyl (C=O) groups is 1. The van der Waals surface area contributed by atoms with E-state index in [-0.39, 0.29) is 11.3 Å². The van der Waals surface area contributed by atoms with Crippen molar-refractivity contribution in [2.24, 2.45) is 11.3 Å². The summed E-state index contributed by atoms with van der Waals surface area (Å²) >= 11 is 0. The SMILES string of the molecule is O=C(O)C1CN(Cc2ccc3ncccc3c2)CC12CCOCC2. The third-order valence-corrected chi connectivity index (χ3v) is 5.58. The van der Waals surface area contributed by atoms with E-state index < -0.39 is 5.97 Å². The number of ether oxygens (including phenoxy) is 1. The third-order valence-electron chi connectivity index (χ3n) is 5.58. The molecule has 1 aromatic heterocycles. The Morgan fingerprint density at radius 1 is 1.33 bits per heavy atom. The first-order chi connectivity index (χ1) is 11.7. The highest BCUT2D eigenvalue weighted by molar-refractivity contribution is 5.78. The van der Waals surface area contributed by atoms with Crippen molar-refractivity contribution in [3.05, 3.63) is 42.1 Å². The van der Waals surface area contributed by atoms with Crippen molar-refractivity contribution in [2.45, 2.75) is 19.4 Å². The fourth-order valence-electron chi connectivity index (χ4n) is 4.30. The van der Waals surface area contributed by atoms with Crippen LogP contribution in [0.2, 0.25) is 0 Å². The van der Waals surface area contributed by atoms with E-state index in [1.54, 1.807) is 6.20 Å². The molecular weight excluding hydrogens is 304 g/mol. The summed E-state index contributed by atoms with van der Waals surface area (Å²) in [5.41, 5.74) is 2.08.